The Hall–Kier alpha value is -0.800. The van der Waals surface area contributed by atoms with Crippen LogP contribution in [0.2, 0.25) is 0 Å². The van der Waals surface area contributed by atoms with E-state index in [-0.39, 0.29) is 6.04 Å². The van der Waals surface area contributed by atoms with E-state index in [0.717, 1.165) is 5.56 Å². The lowest BCUT2D eigenvalue weighted by molar-refractivity contribution is 0.526. The van der Waals surface area contributed by atoms with E-state index in [1.54, 1.807) is 0 Å². The number of carbonyl (C=O) groups excluding carboxylic acids is 1. The molecule has 69 valence electrons. The molecule has 1 N–H and O–H groups in total. The molecule has 0 aliphatic carbocycles. The van der Waals surface area contributed by atoms with E-state index in [2.05, 4.69) is 17.9 Å². The van der Waals surface area contributed by atoms with Gasteiger partial charge in [0.05, 0.1) is 6.04 Å². The minimum absolute atomic E-state index is 0.275. The maximum absolute atomic E-state index is 10.3. The summed E-state index contributed by atoms with van der Waals surface area (Å²) in [6.45, 7) is 0.682. The van der Waals surface area contributed by atoms with Crippen LogP contribution in [0.15, 0.2) is 30.3 Å². The third-order valence-electron chi connectivity index (χ3n) is 1.72. The number of hydrogen-bond acceptors (Lipinski definition) is 3. The van der Waals surface area contributed by atoms with E-state index in [1.165, 1.54) is 0 Å². The highest BCUT2D eigenvalue weighted by atomic mass is 32.1. The van der Waals surface area contributed by atoms with E-state index in [0.29, 0.717) is 12.3 Å². The summed E-state index contributed by atoms with van der Waals surface area (Å²) in [4.78, 5) is 10.3. The van der Waals surface area contributed by atoms with E-state index >= 15 is 0 Å². The Morgan fingerprint density at radius 2 is 2.08 bits per heavy atom. The van der Waals surface area contributed by atoms with E-state index in [1.807, 2.05) is 36.6 Å². The minimum Gasteiger partial charge on any atom is -0.302 e. The molecular formula is C10H12NOS. The van der Waals surface area contributed by atoms with Gasteiger partial charge >= 0.3 is 0 Å². The van der Waals surface area contributed by atoms with Gasteiger partial charge in [-0.3, -0.25) is 4.79 Å². The predicted molar refractivity (Wildman–Crippen MR) is 56.6 cm³/mol. The first-order valence-corrected chi connectivity index (χ1v) is 4.76. The Bertz CT molecular complexity index is 250. The summed E-state index contributed by atoms with van der Waals surface area (Å²) >= 11 is 4.02. The third kappa shape index (κ3) is 3.61. The summed E-state index contributed by atoms with van der Waals surface area (Å²) in [6.07, 6.45) is 1.88. The molecule has 1 rings (SSSR count). The fourth-order valence-electron chi connectivity index (χ4n) is 0.980. The van der Waals surface area contributed by atoms with Gasteiger partial charge in [-0.1, -0.05) is 30.3 Å². The minimum atomic E-state index is -0.275. The molecule has 0 aliphatic heterocycles. The van der Waals surface area contributed by atoms with Crippen molar-refractivity contribution in [2.75, 3.05) is 5.75 Å². The Kier molecular flexibility index (Phi) is 4.57. The molecule has 1 radical (unpaired) electrons. The molecule has 13 heavy (non-hydrogen) atoms. The predicted octanol–water partition coefficient (Wildman–Crippen LogP) is 1.18. The molecule has 1 aromatic rings. The first kappa shape index (κ1) is 10.3. The first-order chi connectivity index (χ1) is 6.36. The van der Waals surface area contributed by atoms with Crippen molar-refractivity contribution in [3.8, 4) is 0 Å². The second-order valence-electron chi connectivity index (χ2n) is 2.72. The zero-order valence-electron chi connectivity index (χ0n) is 7.23. The molecule has 0 saturated heterocycles. The summed E-state index contributed by atoms with van der Waals surface area (Å²) in [5.41, 5.74) is 1.16. The zero-order valence-corrected chi connectivity index (χ0v) is 8.13. The van der Waals surface area contributed by atoms with Crippen LogP contribution in [-0.4, -0.2) is 18.1 Å². The fourth-order valence-corrected chi connectivity index (χ4v) is 1.18. The van der Waals surface area contributed by atoms with Crippen LogP contribution < -0.4 is 5.32 Å². The van der Waals surface area contributed by atoms with Crippen LogP contribution in [0.4, 0.5) is 0 Å². The molecule has 0 spiro atoms. The molecule has 0 amide bonds. The standard InChI is InChI=1S/C10H12NOS/c12-7-10(8-13)11-6-9-4-2-1-3-5-9/h1-5,10-11,13H,6,8H2/t10-/m0/s1. The van der Waals surface area contributed by atoms with Gasteiger partial charge in [-0.15, -0.1) is 0 Å². The maximum atomic E-state index is 10.3. The lowest BCUT2D eigenvalue weighted by atomic mass is 10.2. The summed E-state index contributed by atoms with van der Waals surface area (Å²) in [5, 5.41) is 3.04. The Morgan fingerprint density at radius 3 is 2.62 bits per heavy atom. The molecule has 0 aliphatic rings. The van der Waals surface area contributed by atoms with Crippen LogP contribution in [0.1, 0.15) is 5.56 Å². The largest absolute Gasteiger partial charge is 0.302 e. The highest BCUT2D eigenvalue weighted by molar-refractivity contribution is 7.80. The van der Waals surface area contributed by atoms with Gasteiger partial charge < -0.3 is 5.32 Å². The molecule has 0 heterocycles. The Morgan fingerprint density at radius 1 is 1.38 bits per heavy atom. The van der Waals surface area contributed by atoms with Gasteiger partial charge in [0.25, 0.3) is 0 Å². The van der Waals surface area contributed by atoms with Crippen molar-refractivity contribution in [1.29, 1.82) is 0 Å². The zero-order chi connectivity index (χ0) is 9.52. The van der Waals surface area contributed by atoms with Crippen LogP contribution in [0.25, 0.3) is 0 Å². The highest BCUT2D eigenvalue weighted by Crippen LogP contribution is 1.97. The van der Waals surface area contributed by atoms with Crippen LogP contribution in [0, 0.1) is 0 Å². The number of rotatable bonds is 5. The Balaban J connectivity index is 2.38. The first-order valence-electron chi connectivity index (χ1n) is 4.12. The number of benzene rings is 1. The quantitative estimate of drug-likeness (QED) is 0.689. The SMILES string of the molecule is O=[C][C@@H](CS)NCc1ccccc1. The van der Waals surface area contributed by atoms with Gasteiger partial charge in [-0.2, -0.15) is 12.6 Å². The average Bonchev–Trinajstić information content (AvgIpc) is 2.21. The smallest absolute Gasteiger partial charge is 0.217 e. The van der Waals surface area contributed by atoms with Gasteiger partial charge in [0.2, 0.25) is 6.29 Å². The molecule has 1 atom stereocenters. The van der Waals surface area contributed by atoms with Crippen molar-refractivity contribution >= 4 is 18.9 Å². The molecule has 3 heteroatoms. The van der Waals surface area contributed by atoms with Crippen LogP contribution in [0.3, 0.4) is 0 Å². The van der Waals surface area contributed by atoms with Crippen molar-refractivity contribution in [3.05, 3.63) is 35.9 Å². The molecule has 0 saturated carbocycles. The lowest BCUT2D eigenvalue weighted by Crippen LogP contribution is -2.31. The molecule has 2 nitrogen and oxygen atoms in total. The summed E-state index contributed by atoms with van der Waals surface area (Å²) < 4.78 is 0. The summed E-state index contributed by atoms with van der Waals surface area (Å²) in [6, 6.07) is 9.64. The molecular weight excluding hydrogens is 182 g/mol. The van der Waals surface area contributed by atoms with E-state index in [4.69, 9.17) is 0 Å². The van der Waals surface area contributed by atoms with Gasteiger partial charge in [0.15, 0.2) is 0 Å². The van der Waals surface area contributed by atoms with E-state index in [9.17, 15) is 4.79 Å². The van der Waals surface area contributed by atoms with Crippen molar-refractivity contribution in [2.45, 2.75) is 12.6 Å². The van der Waals surface area contributed by atoms with Crippen LogP contribution in [0.5, 0.6) is 0 Å². The lowest BCUT2D eigenvalue weighted by Gasteiger charge is -2.08. The van der Waals surface area contributed by atoms with Crippen LogP contribution >= 0.6 is 12.6 Å². The second kappa shape index (κ2) is 5.78. The molecule has 1 aromatic carbocycles. The second-order valence-corrected chi connectivity index (χ2v) is 3.08. The van der Waals surface area contributed by atoms with Gasteiger partial charge in [0.1, 0.15) is 0 Å². The topological polar surface area (TPSA) is 29.1 Å². The van der Waals surface area contributed by atoms with Crippen molar-refractivity contribution in [1.82, 2.24) is 5.32 Å². The molecule has 0 aromatic heterocycles. The summed E-state index contributed by atoms with van der Waals surface area (Å²) in [5.74, 6) is 0.482. The summed E-state index contributed by atoms with van der Waals surface area (Å²) in [7, 11) is 0. The van der Waals surface area contributed by atoms with Crippen molar-refractivity contribution in [3.63, 3.8) is 0 Å². The fraction of sp³-hybridized carbons (Fsp3) is 0.300. The van der Waals surface area contributed by atoms with Crippen molar-refractivity contribution in [2.24, 2.45) is 0 Å². The molecule has 0 fully saturated rings. The van der Waals surface area contributed by atoms with Crippen LogP contribution in [-0.2, 0) is 11.3 Å². The van der Waals surface area contributed by atoms with E-state index < -0.39 is 0 Å². The normalized spacial score (nSPS) is 12.4. The van der Waals surface area contributed by atoms with Crippen molar-refractivity contribution < 1.29 is 4.79 Å². The average molecular weight is 194 g/mol. The van der Waals surface area contributed by atoms with Gasteiger partial charge in [-0.25, -0.2) is 0 Å². The number of nitrogens with one attached hydrogen (secondary N) is 1. The Labute approximate surface area is 83.8 Å². The monoisotopic (exact) mass is 194 g/mol. The third-order valence-corrected chi connectivity index (χ3v) is 2.09. The number of hydrogen-bond donors (Lipinski definition) is 2. The molecule has 0 bridgehead atoms. The molecule has 0 unspecified atom stereocenters. The highest BCUT2D eigenvalue weighted by Gasteiger charge is 2.03. The maximum Gasteiger partial charge on any atom is 0.217 e. The van der Waals surface area contributed by atoms with Gasteiger partial charge in [-0.05, 0) is 5.56 Å². The number of thiol groups is 1. The van der Waals surface area contributed by atoms with Gasteiger partial charge in [0, 0.05) is 12.3 Å².